The van der Waals surface area contributed by atoms with Gasteiger partial charge in [-0.3, -0.25) is 4.98 Å². The summed E-state index contributed by atoms with van der Waals surface area (Å²) in [6.07, 6.45) is 3.47. The number of nitrogens with zero attached hydrogens (tertiary/aromatic N) is 1. The molecule has 0 saturated carbocycles. The van der Waals surface area contributed by atoms with Crippen molar-refractivity contribution in [2.24, 2.45) is 0 Å². The van der Waals surface area contributed by atoms with Gasteiger partial charge < -0.3 is 5.32 Å². The molecule has 58 valence electrons. The van der Waals surface area contributed by atoms with Gasteiger partial charge in [-0.2, -0.15) is 0 Å². The van der Waals surface area contributed by atoms with E-state index in [0.717, 1.165) is 17.1 Å². The largest absolute Gasteiger partial charge is 0.376 e. The first-order chi connectivity index (χ1) is 5.34. The molecule has 1 heterocycles. The fourth-order valence-corrected chi connectivity index (χ4v) is 1.05. The van der Waals surface area contributed by atoms with Gasteiger partial charge in [-0.1, -0.05) is 12.2 Å². The molecule has 1 aromatic heterocycles. The molecule has 0 aliphatic rings. The van der Waals surface area contributed by atoms with E-state index < -0.39 is 0 Å². The molecule has 0 spiro atoms. The fourth-order valence-electron chi connectivity index (χ4n) is 0.766. The summed E-state index contributed by atoms with van der Waals surface area (Å²) in [6, 6.07) is 3.79. The number of nitrogens with one attached hydrogen (secondary N) is 1. The second kappa shape index (κ2) is 4.03. The molecule has 0 atom stereocenters. The minimum atomic E-state index is 0.787. The summed E-state index contributed by atoms with van der Waals surface area (Å²) in [4.78, 5) is 4.69. The predicted molar refractivity (Wildman–Crippen MR) is 49.6 cm³/mol. The highest BCUT2D eigenvalue weighted by Crippen LogP contribution is 1.96. The van der Waals surface area contributed by atoms with Crippen LogP contribution in [0.2, 0.25) is 0 Å². The summed E-state index contributed by atoms with van der Waals surface area (Å²) in [7, 11) is 0. The number of aromatic nitrogens is 1. The van der Waals surface area contributed by atoms with Crippen LogP contribution in [0.4, 0.5) is 0 Å². The summed E-state index contributed by atoms with van der Waals surface area (Å²) < 4.78 is 0. The second-order valence-electron chi connectivity index (χ2n) is 2.10. The molecule has 2 nitrogen and oxygen atoms in total. The van der Waals surface area contributed by atoms with E-state index in [4.69, 9.17) is 12.2 Å². The molecule has 0 bridgehead atoms. The molecule has 1 aromatic rings. The van der Waals surface area contributed by atoms with Crippen LogP contribution in [0, 0.1) is 0 Å². The highest BCUT2D eigenvalue weighted by Gasteiger charge is 1.95. The number of thiocarbonyl (C=S) groups is 1. The van der Waals surface area contributed by atoms with Gasteiger partial charge in [-0.15, -0.1) is 0 Å². The molecule has 0 amide bonds. The van der Waals surface area contributed by atoms with Gasteiger partial charge >= 0.3 is 0 Å². The van der Waals surface area contributed by atoms with E-state index in [9.17, 15) is 0 Å². The highest BCUT2D eigenvalue weighted by atomic mass is 32.1. The maximum Gasteiger partial charge on any atom is 0.106 e. The van der Waals surface area contributed by atoms with Gasteiger partial charge in [-0.05, 0) is 19.1 Å². The van der Waals surface area contributed by atoms with Crippen molar-refractivity contribution in [2.75, 3.05) is 6.54 Å². The molecule has 1 rings (SSSR count). The minimum absolute atomic E-state index is 0.787. The zero-order valence-electron chi connectivity index (χ0n) is 6.37. The Hall–Kier alpha value is -0.960. The van der Waals surface area contributed by atoms with Crippen LogP contribution in [0.1, 0.15) is 12.5 Å². The molecular weight excluding hydrogens is 156 g/mol. The first-order valence-corrected chi connectivity index (χ1v) is 3.93. The molecule has 0 radical (unpaired) electrons. The molecular formula is C8H10N2S. The third kappa shape index (κ3) is 2.27. The predicted octanol–water partition coefficient (Wildman–Crippen LogP) is 1.37. The first-order valence-electron chi connectivity index (χ1n) is 3.53. The Morgan fingerprint density at radius 2 is 2.18 bits per heavy atom. The standard InChI is InChI=1S/C8H10N2S/c1-2-10-8(11)7-3-5-9-6-4-7/h3-6H,2H2,1H3,(H,10,11). The SMILES string of the molecule is CCNC(=S)c1ccncc1. The fraction of sp³-hybridized carbons (Fsp3) is 0.250. The van der Waals surface area contributed by atoms with Gasteiger partial charge in [0.2, 0.25) is 0 Å². The Morgan fingerprint density at radius 3 is 2.73 bits per heavy atom. The third-order valence-corrected chi connectivity index (χ3v) is 1.66. The van der Waals surface area contributed by atoms with E-state index in [2.05, 4.69) is 10.3 Å². The summed E-state index contributed by atoms with van der Waals surface area (Å²) in [5.41, 5.74) is 1.02. The van der Waals surface area contributed by atoms with Crippen LogP contribution in [-0.4, -0.2) is 16.5 Å². The topological polar surface area (TPSA) is 24.9 Å². The molecule has 0 unspecified atom stereocenters. The second-order valence-corrected chi connectivity index (χ2v) is 2.50. The normalized spacial score (nSPS) is 9.18. The van der Waals surface area contributed by atoms with E-state index in [1.807, 2.05) is 19.1 Å². The minimum Gasteiger partial charge on any atom is -0.376 e. The lowest BCUT2D eigenvalue weighted by Crippen LogP contribution is -2.21. The van der Waals surface area contributed by atoms with Crippen molar-refractivity contribution in [1.82, 2.24) is 10.3 Å². The van der Waals surface area contributed by atoms with E-state index >= 15 is 0 Å². The van der Waals surface area contributed by atoms with Gasteiger partial charge in [0.1, 0.15) is 4.99 Å². The van der Waals surface area contributed by atoms with Crippen molar-refractivity contribution >= 4 is 17.2 Å². The van der Waals surface area contributed by atoms with Crippen LogP contribution in [0.25, 0.3) is 0 Å². The number of rotatable bonds is 2. The average Bonchev–Trinajstić information content (AvgIpc) is 2.07. The van der Waals surface area contributed by atoms with Crippen LogP contribution in [0.5, 0.6) is 0 Å². The zero-order chi connectivity index (χ0) is 8.10. The monoisotopic (exact) mass is 166 g/mol. The number of hydrogen-bond acceptors (Lipinski definition) is 2. The summed E-state index contributed by atoms with van der Waals surface area (Å²) in [5, 5.41) is 3.07. The van der Waals surface area contributed by atoms with Crippen LogP contribution >= 0.6 is 12.2 Å². The smallest absolute Gasteiger partial charge is 0.106 e. The lowest BCUT2D eigenvalue weighted by Gasteiger charge is -2.03. The Morgan fingerprint density at radius 1 is 1.55 bits per heavy atom. The van der Waals surface area contributed by atoms with Crippen LogP contribution in [0.3, 0.4) is 0 Å². The number of hydrogen-bond donors (Lipinski definition) is 1. The molecule has 3 heteroatoms. The molecule has 0 fully saturated rings. The van der Waals surface area contributed by atoms with E-state index in [0.29, 0.717) is 0 Å². The van der Waals surface area contributed by atoms with E-state index in [-0.39, 0.29) is 0 Å². The Labute approximate surface area is 71.7 Å². The van der Waals surface area contributed by atoms with Gasteiger partial charge in [0.15, 0.2) is 0 Å². The van der Waals surface area contributed by atoms with Crippen molar-refractivity contribution in [1.29, 1.82) is 0 Å². The Bertz CT molecular complexity index is 233. The average molecular weight is 166 g/mol. The Kier molecular flexibility index (Phi) is 2.98. The van der Waals surface area contributed by atoms with Gasteiger partial charge in [0.05, 0.1) is 0 Å². The van der Waals surface area contributed by atoms with E-state index in [1.165, 1.54) is 0 Å². The first kappa shape index (κ1) is 8.14. The van der Waals surface area contributed by atoms with Crippen LogP contribution in [-0.2, 0) is 0 Å². The zero-order valence-corrected chi connectivity index (χ0v) is 7.19. The van der Waals surface area contributed by atoms with Crippen molar-refractivity contribution in [2.45, 2.75) is 6.92 Å². The van der Waals surface area contributed by atoms with Crippen molar-refractivity contribution in [3.8, 4) is 0 Å². The summed E-state index contributed by atoms with van der Waals surface area (Å²) in [6.45, 7) is 2.88. The maximum atomic E-state index is 5.08. The molecule has 0 aliphatic heterocycles. The third-order valence-electron chi connectivity index (χ3n) is 1.28. The summed E-state index contributed by atoms with van der Waals surface area (Å²) >= 11 is 5.08. The lowest BCUT2D eigenvalue weighted by molar-refractivity contribution is 0.982. The van der Waals surface area contributed by atoms with Crippen molar-refractivity contribution in [3.05, 3.63) is 30.1 Å². The maximum absolute atomic E-state index is 5.08. The number of pyridine rings is 1. The molecule has 0 aromatic carbocycles. The van der Waals surface area contributed by atoms with Gasteiger partial charge in [0, 0.05) is 24.5 Å². The summed E-state index contributed by atoms with van der Waals surface area (Å²) in [5.74, 6) is 0. The van der Waals surface area contributed by atoms with E-state index in [1.54, 1.807) is 12.4 Å². The lowest BCUT2D eigenvalue weighted by atomic mass is 10.3. The van der Waals surface area contributed by atoms with Gasteiger partial charge in [-0.25, -0.2) is 0 Å². The highest BCUT2D eigenvalue weighted by molar-refractivity contribution is 7.80. The van der Waals surface area contributed by atoms with Gasteiger partial charge in [0.25, 0.3) is 0 Å². The molecule has 11 heavy (non-hydrogen) atoms. The van der Waals surface area contributed by atoms with Crippen LogP contribution < -0.4 is 5.32 Å². The van der Waals surface area contributed by atoms with Crippen LogP contribution in [0.15, 0.2) is 24.5 Å². The van der Waals surface area contributed by atoms with Crippen molar-refractivity contribution in [3.63, 3.8) is 0 Å². The quantitative estimate of drug-likeness (QED) is 0.672. The molecule has 0 aliphatic carbocycles. The molecule has 1 N–H and O–H groups in total. The van der Waals surface area contributed by atoms with Crippen molar-refractivity contribution < 1.29 is 0 Å². The Balaban J connectivity index is 2.69. The molecule has 0 saturated heterocycles.